The highest BCUT2D eigenvalue weighted by Gasteiger charge is 2.59. The van der Waals surface area contributed by atoms with Crippen LogP contribution in [0.15, 0.2) is 81.1 Å². The minimum Gasteiger partial charge on any atom is -0.381 e. The topological polar surface area (TPSA) is 158 Å². The molecule has 1 amide bonds. The summed E-state index contributed by atoms with van der Waals surface area (Å²) >= 11 is 0. The average Bonchev–Trinajstić information content (AvgIpc) is 3.82. The fourth-order valence-corrected chi connectivity index (χ4v) is 13.0. The molecule has 1 aliphatic carbocycles. The number of halogens is 2. The van der Waals surface area contributed by atoms with E-state index in [4.69, 9.17) is 14.4 Å². The van der Waals surface area contributed by atoms with Crippen molar-refractivity contribution in [1.82, 2.24) is 38.5 Å². The normalized spacial score (nSPS) is 19.6. The zero-order chi connectivity index (χ0) is 47.3. The van der Waals surface area contributed by atoms with Crippen molar-refractivity contribution in [2.75, 3.05) is 51.1 Å². The highest BCUT2D eigenvalue weighted by molar-refractivity contribution is 7.71. The second-order valence-corrected chi connectivity index (χ2v) is 22.4. The van der Waals surface area contributed by atoms with E-state index in [2.05, 4.69) is 35.3 Å². The van der Waals surface area contributed by atoms with E-state index in [0.29, 0.717) is 102 Å². The number of amides is 1. The Bertz CT molecular complexity index is 3250. The van der Waals surface area contributed by atoms with Gasteiger partial charge in [-0.25, -0.2) is 18.7 Å². The maximum Gasteiger partial charge on any atom is 0.438 e. The van der Waals surface area contributed by atoms with Crippen molar-refractivity contribution < 1.29 is 23.0 Å². The second-order valence-electron chi connectivity index (χ2n) is 18.9. The lowest BCUT2D eigenvalue weighted by molar-refractivity contribution is 0.0663. The Morgan fingerprint density at radius 2 is 1.65 bits per heavy atom. The lowest BCUT2D eigenvalue weighted by Gasteiger charge is -2.34. The first-order valence-electron chi connectivity index (χ1n) is 23.3. The average molecular weight is 966 g/mol. The molecule has 7 aromatic rings. The first-order valence-corrected chi connectivity index (χ1v) is 25.4. The molecular formula is C50H58ClFN9O6P. The number of nitrogens with zero attached hydrogens (tertiary/aromatic N) is 8. The van der Waals surface area contributed by atoms with Gasteiger partial charge in [-0.1, -0.05) is 32.0 Å². The van der Waals surface area contributed by atoms with Crippen LogP contribution in [0.1, 0.15) is 103 Å². The number of carbonyl (C=O) groups is 1. The van der Waals surface area contributed by atoms with Crippen LogP contribution in [0.4, 0.5) is 10.1 Å². The Hall–Kier alpha value is -5.96. The van der Waals surface area contributed by atoms with Crippen LogP contribution in [0.25, 0.3) is 28.1 Å². The van der Waals surface area contributed by atoms with Gasteiger partial charge in [0.1, 0.15) is 30.0 Å². The smallest absolute Gasteiger partial charge is 0.381 e. The molecule has 0 radical (unpaired) electrons. The summed E-state index contributed by atoms with van der Waals surface area (Å²) in [6.07, 6.45) is 7.29. The van der Waals surface area contributed by atoms with Crippen molar-refractivity contribution in [1.29, 1.82) is 0 Å². The molecule has 15 nitrogen and oxygen atoms in total. The first-order chi connectivity index (χ1) is 32.1. The van der Waals surface area contributed by atoms with Crippen LogP contribution in [0.3, 0.4) is 0 Å². The lowest BCUT2D eigenvalue weighted by Crippen LogP contribution is -2.41. The summed E-state index contributed by atoms with van der Waals surface area (Å²) < 4.78 is 46.8. The standard InChI is InChI=1S/C50H57FN9O6P.ClH/c1-9-67(64,10-2)42-14-12-36(27-40(42)55(7)8)57-19-20-58(49(57)63)45-43-32(6)56(18-15-38(43)53-60(45)37-23-29(3)44(51)30(4)24-37)46(61)41-26-35-25-34(33-16-21-65-22-17-33)11-13-39(35)59(41)50(28-31(50)5)47-52-48(62)66-54-47;/h11-14,19-20,23-27,31-33H,9-10,15-18,21-22,28H2,1-8H3,(H,52,54,62);1H/t31-,32-,50-;/m0./s1. The summed E-state index contributed by atoms with van der Waals surface area (Å²) in [7, 11) is 1.14. The third-order valence-corrected chi connectivity index (χ3v) is 18.1. The van der Waals surface area contributed by atoms with E-state index in [1.165, 1.54) is 5.56 Å². The number of aryl methyl sites for hydroxylation is 2. The van der Waals surface area contributed by atoms with Gasteiger partial charge in [-0.05, 0) is 117 Å². The fraction of sp³-hybridized carbons (Fsp3) is 0.420. The molecule has 0 bridgehead atoms. The Balaban J connectivity index is 0.00000578. The van der Waals surface area contributed by atoms with E-state index in [-0.39, 0.29) is 35.7 Å². The lowest BCUT2D eigenvalue weighted by atomic mass is 9.91. The summed E-state index contributed by atoms with van der Waals surface area (Å²) in [6, 6.07) is 16.8. The van der Waals surface area contributed by atoms with Crippen molar-refractivity contribution in [2.24, 2.45) is 5.92 Å². The maximum atomic E-state index is 15.6. The van der Waals surface area contributed by atoms with Crippen LogP contribution < -0.4 is 21.7 Å². The number of hydrogen-bond donors (Lipinski definition) is 1. The number of aromatic nitrogens is 7. The molecule has 2 aliphatic heterocycles. The molecule has 18 heteroatoms. The molecule has 0 unspecified atom stereocenters. The Morgan fingerprint density at radius 1 is 0.956 bits per heavy atom. The predicted molar refractivity (Wildman–Crippen MR) is 264 cm³/mol. The van der Waals surface area contributed by atoms with Crippen LogP contribution in [-0.2, 0) is 21.3 Å². The number of ether oxygens (including phenoxy) is 1. The van der Waals surface area contributed by atoms with Gasteiger partial charge in [0, 0.05) is 92.5 Å². The molecule has 1 saturated carbocycles. The molecule has 68 heavy (non-hydrogen) atoms. The summed E-state index contributed by atoms with van der Waals surface area (Å²) in [5, 5.41) is 11.0. The second kappa shape index (κ2) is 17.5. The van der Waals surface area contributed by atoms with E-state index in [0.717, 1.165) is 34.7 Å². The molecule has 0 spiro atoms. The number of carbonyl (C=O) groups excluding carboxylic acids is 1. The molecule has 358 valence electrons. The van der Waals surface area contributed by atoms with Gasteiger partial charge in [0.2, 0.25) is 0 Å². The monoisotopic (exact) mass is 965 g/mol. The van der Waals surface area contributed by atoms with Crippen molar-refractivity contribution >= 4 is 47.4 Å². The molecule has 3 aromatic carbocycles. The van der Waals surface area contributed by atoms with Gasteiger partial charge in [0.05, 0.1) is 23.1 Å². The van der Waals surface area contributed by atoms with Crippen molar-refractivity contribution in [3.05, 3.63) is 133 Å². The van der Waals surface area contributed by atoms with Crippen LogP contribution in [0.5, 0.6) is 0 Å². The molecule has 4 aromatic heterocycles. The number of benzene rings is 3. The van der Waals surface area contributed by atoms with Crippen LogP contribution >= 0.6 is 19.5 Å². The van der Waals surface area contributed by atoms with E-state index >= 15 is 9.18 Å². The molecule has 3 aliphatic rings. The number of H-pyrrole nitrogens is 1. The molecular weight excluding hydrogens is 908 g/mol. The van der Waals surface area contributed by atoms with E-state index < -0.39 is 24.5 Å². The van der Waals surface area contributed by atoms with E-state index in [9.17, 15) is 14.2 Å². The van der Waals surface area contributed by atoms with Gasteiger partial charge in [-0.2, -0.15) is 5.10 Å². The molecule has 6 heterocycles. The summed E-state index contributed by atoms with van der Waals surface area (Å²) in [6.45, 7) is 13.1. The minimum atomic E-state index is -2.67. The van der Waals surface area contributed by atoms with Crippen LogP contribution in [-0.4, -0.2) is 90.6 Å². The number of imidazole rings is 1. The van der Waals surface area contributed by atoms with Gasteiger partial charge in [-0.3, -0.25) is 23.4 Å². The van der Waals surface area contributed by atoms with Gasteiger partial charge in [-0.15, -0.1) is 12.4 Å². The number of nitrogens with one attached hydrogen (secondary N) is 1. The number of rotatable bonds is 11. The Kier molecular flexibility index (Phi) is 12.1. The zero-order valence-electron chi connectivity index (χ0n) is 39.7. The maximum absolute atomic E-state index is 15.6. The van der Waals surface area contributed by atoms with Gasteiger partial charge in [0.25, 0.3) is 5.91 Å². The van der Waals surface area contributed by atoms with Crippen LogP contribution in [0.2, 0.25) is 0 Å². The van der Waals surface area contributed by atoms with Gasteiger partial charge in [0.15, 0.2) is 5.82 Å². The SMILES string of the molecule is CCP(=O)(CC)c1ccc(-n2ccn(-c3c4c(nn3-c3cc(C)c(F)c(C)c3)CCN(C(=O)c3cc5cc(C6CCOCC6)ccc5n3[C@@]3(c5noc(=O)[nH]5)C[C@@H]3C)[C@H]4C)c2=O)cc1N(C)C.Cl. The van der Waals surface area contributed by atoms with Gasteiger partial charge < -0.3 is 23.7 Å². The van der Waals surface area contributed by atoms with Gasteiger partial charge >= 0.3 is 11.4 Å². The Labute approximate surface area is 399 Å². The molecule has 3 atom stereocenters. The molecule has 10 rings (SSSR count). The molecule has 1 saturated heterocycles. The van der Waals surface area contributed by atoms with Crippen molar-refractivity contribution in [2.45, 2.75) is 84.7 Å². The number of aromatic amines is 1. The highest BCUT2D eigenvalue weighted by atomic mass is 35.5. The van der Waals surface area contributed by atoms with E-state index in [1.54, 1.807) is 52.2 Å². The van der Waals surface area contributed by atoms with Crippen molar-refractivity contribution in [3.8, 4) is 17.2 Å². The van der Waals surface area contributed by atoms with E-state index in [1.807, 2.05) is 73.5 Å². The fourth-order valence-electron chi connectivity index (χ4n) is 10.9. The van der Waals surface area contributed by atoms with Crippen LogP contribution in [0, 0.1) is 25.6 Å². The first kappa shape index (κ1) is 47.1. The zero-order valence-corrected chi connectivity index (χ0v) is 41.4. The molecule has 2 fully saturated rings. The quantitative estimate of drug-likeness (QED) is 0.126. The Morgan fingerprint density at radius 3 is 2.28 bits per heavy atom. The number of fused-ring (bicyclic) bond motifs is 2. The molecule has 1 N–H and O–H groups in total. The third-order valence-electron chi connectivity index (χ3n) is 14.8. The summed E-state index contributed by atoms with van der Waals surface area (Å²) in [5.74, 6) is -0.0463. The third kappa shape index (κ3) is 7.41. The summed E-state index contributed by atoms with van der Waals surface area (Å²) in [4.78, 5) is 49.5. The highest BCUT2D eigenvalue weighted by Crippen LogP contribution is 2.56. The summed E-state index contributed by atoms with van der Waals surface area (Å²) in [5.41, 5.74) is 5.49. The minimum absolute atomic E-state index is 0. The number of anilines is 1. The van der Waals surface area contributed by atoms with Crippen molar-refractivity contribution in [3.63, 3.8) is 0 Å². The largest absolute Gasteiger partial charge is 0.438 e. The number of hydrogen-bond acceptors (Lipinski definition) is 9. The predicted octanol–water partition coefficient (Wildman–Crippen LogP) is 8.15.